The van der Waals surface area contributed by atoms with Gasteiger partial charge in [-0.1, -0.05) is 32.8 Å². The SMILES string of the molecule is CCCCC(CNC)C(C)Cc1ncc(C)cc1C. The number of aromatic nitrogens is 1. The molecule has 1 N–H and O–H groups in total. The molecule has 0 aliphatic heterocycles. The number of nitrogens with zero attached hydrogens (tertiary/aromatic N) is 1. The van der Waals surface area contributed by atoms with Crippen molar-refractivity contribution in [2.75, 3.05) is 13.6 Å². The van der Waals surface area contributed by atoms with E-state index in [2.05, 4.69) is 51.1 Å². The fourth-order valence-electron chi connectivity index (χ4n) is 2.75. The molecule has 0 aliphatic rings. The van der Waals surface area contributed by atoms with Gasteiger partial charge in [0, 0.05) is 11.9 Å². The van der Waals surface area contributed by atoms with E-state index >= 15 is 0 Å². The van der Waals surface area contributed by atoms with Crippen LogP contribution in [0.15, 0.2) is 12.3 Å². The summed E-state index contributed by atoms with van der Waals surface area (Å²) in [5, 5.41) is 3.35. The predicted octanol–water partition coefficient (Wildman–Crippen LogP) is 3.90. The molecule has 19 heavy (non-hydrogen) atoms. The molecule has 0 saturated heterocycles. The van der Waals surface area contributed by atoms with Crippen LogP contribution < -0.4 is 5.32 Å². The van der Waals surface area contributed by atoms with Crippen molar-refractivity contribution in [1.82, 2.24) is 10.3 Å². The topological polar surface area (TPSA) is 24.9 Å². The lowest BCUT2D eigenvalue weighted by molar-refractivity contribution is 0.315. The van der Waals surface area contributed by atoms with Gasteiger partial charge < -0.3 is 5.32 Å². The second-order valence-corrected chi connectivity index (χ2v) is 5.92. The molecule has 0 amide bonds. The summed E-state index contributed by atoms with van der Waals surface area (Å²) >= 11 is 0. The van der Waals surface area contributed by atoms with Gasteiger partial charge in [0.2, 0.25) is 0 Å². The standard InChI is InChI=1S/C17H30N2/c1-6-7-8-16(12-18-5)14(3)10-17-15(4)9-13(2)11-19-17/h9,11,14,16,18H,6-8,10,12H2,1-5H3. The summed E-state index contributed by atoms with van der Waals surface area (Å²) in [5.74, 6) is 1.44. The molecule has 2 heteroatoms. The van der Waals surface area contributed by atoms with Gasteiger partial charge in [-0.05, 0) is 63.2 Å². The average molecular weight is 262 g/mol. The molecule has 0 fully saturated rings. The molecule has 0 spiro atoms. The van der Waals surface area contributed by atoms with Crippen molar-refractivity contribution in [3.8, 4) is 0 Å². The molecule has 1 aromatic heterocycles. The van der Waals surface area contributed by atoms with Crippen LogP contribution in [-0.2, 0) is 6.42 Å². The fourth-order valence-corrected chi connectivity index (χ4v) is 2.75. The Morgan fingerprint density at radius 2 is 2.05 bits per heavy atom. The zero-order chi connectivity index (χ0) is 14.3. The van der Waals surface area contributed by atoms with Gasteiger partial charge in [0.25, 0.3) is 0 Å². The molecule has 1 rings (SSSR count). The van der Waals surface area contributed by atoms with Crippen LogP contribution in [0.1, 0.15) is 49.9 Å². The van der Waals surface area contributed by atoms with Crippen LogP contribution in [0.2, 0.25) is 0 Å². The second-order valence-electron chi connectivity index (χ2n) is 5.92. The fraction of sp³-hybridized carbons (Fsp3) is 0.706. The molecular formula is C17H30N2. The highest BCUT2D eigenvalue weighted by atomic mass is 14.8. The molecule has 2 atom stereocenters. The minimum Gasteiger partial charge on any atom is -0.319 e. The van der Waals surface area contributed by atoms with Crippen molar-refractivity contribution in [3.05, 3.63) is 29.1 Å². The molecule has 0 radical (unpaired) electrons. The Hall–Kier alpha value is -0.890. The lowest BCUT2D eigenvalue weighted by Crippen LogP contribution is -2.26. The highest BCUT2D eigenvalue weighted by molar-refractivity contribution is 5.23. The predicted molar refractivity (Wildman–Crippen MR) is 83.5 cm³/mol. The lowest BCUT2D eigenvalue weighted by atomic mass is 9.85. The number of rotatable bonds is 8. The summed E-state index contributed by atoms with van der Waals surface area (Å²) in [6.45, 7) is 10.1. The van der Waals surface area contributed by atoms with Crippen LogP contribution in [0, 0.1) is 25.7 Å². The maximum atomic E-state index is 4.62. The summed E-state index contributed by atoms with van der Waals surface area (Å²) in [7, 11) is 2.06. The average Bonchev–Trinajstić information content (AvgIpc) is 2.37. The maximum absolute atomic E-state index is 4.62. The van der Waals surface area contributed by atoms with E-state index in [0.29, 0.717) is 5.92 Å². The zero-order valence-electron chi connectivity index (χ0n) is 13.3. The Balaban J connectivity index is 2.66. The van der Waals surface area contributed by atoms with Gasteiger partial charge in [-0.3, -0.25) is 4.98 Å². The van der Waals surface area contributed by atoms with Crippen molar-refractivity contribution in [3.63, 3.8) is 0 Å². The van der Waals surface area contributed by atoms with Gasteiger partial charge in [0.05, 0.1) is 0 Å². The molecule has 0 aromatic carbocycles. The van der Waals surface area contributed by atoms with Crippen LogP contribution in [-0.4, -0.2) is 18.6 Å². The first kappa shape index (κ1) is 16.2. The quantitative estimate of drug-likeness (QED) is 0.768. The Labute approximate surface area is 119 Å². The van der Waals surface area contributed by atoms with Crippen LogP contribution in [0.5, 0.6) is 0 Å². The third-order valence-corrected chi connectivity index (χ3v) is 4.04. The summed E-state index contributed by atoms with van der Waals surface area (Å²) < 4.78 is 0. The normalized spacial score (nSPS) is 14.4. The monoisotopic (exact) mass is 262 g/mol. The number of aryl methyl sites for hydroxylation is 2. The number of hydrogen-bond acceptors (Lipinski definition) is 2. The number of nitrogens with one attached hydrogen (secondary N) is 1. The summed E-state index contributed by atoms with van der Waals surface area (Å²) in [6.07, 6.45) is 7.03. The number of unbranched alkanes of at least 4 members (excludes halogenated alkanes) is 1. The van der Waals surface area contributed by atoms with E-state index in [9.17, 15) is 0 Å². The van der Waals surface area contributed by atoms with Gasteiger partial charge >= 0.3 is 0 Å². The minimum atomic E-state index is 0.688. The Kier molecular flexibility index (Phi) is 7.07. The molecule has 0 aliphatic carbocycles. The first-order valence-corrected chi connectivity index (χ1v) is 7.65. The van der Waals surface area contributed by atoms with Crippen LogP contribution >= 0.6 is 0 Å². The van der Waals surface area contributed by atoms with Gasteiger partial charge in [-0.25, -0.2) is 0 Å². The van der Waals surface area contributed by atoms with Gasteiger partial charge in [0.15, 0.2) is 0 Å². The van der Waals surface area contributed by atoms with Crippen LogP contribution in [0.25, 0.3) is 0 Å². The first-order chi connectivity index (χ1) is 9.08. The summed E-state index contributed by atoms with van der Waals surface area (Å²) in [6, 6.07) is 2.24. The highest BCUT2D eigenvalue weighted by Crippen LogP contribution is 2.22. The van der Waals surface area contributed by atoms with E-state index in [4.69, 9.17) is 0 Å². The smallest absolute Gasteiger partial charge is 0.0435 e. The van der Waals surface area contributed by atoms with Crippen LogP contribution in [0.4, 0.5) is 0 Å². The van der Waals surface area contributed by atoms with Crippen molar-refractivity contribution in [2.24, 2.45) is 11.8 Å². The Bertz CT molecular complexity index is 374. The van der Waals surface area contributed by atoms with Crippen molar-refractivity contribution >= 4 is 0 Å². The summed E-state index contributed by atoms with van der Waals surface area (Å²) in [5.41, 5.74) is 3.87. The third-order valence-electron chi connectivity index (χ3n) is 4.04. The molecule has 1 aromatic rings. The van der Waals surface area contributed by atoms with Crippen molar-refractivity contribution < 1.29 is 0 Å². The molecule has 2 unspecified atom stereocenters. The van der Waals surface area contributed by atoms with Gasteiger partial charge in [0.1, 0.15) is 0 Å². The molecule has 0 bridgehead atoms. The number of hydrogen-bond donors (Lipinski definition) is 1. The molecule has 0 saturated carbocycles. The molecule has 2 nitrogen and oxygen atoms in total. The van der Waals surface area contributed by atoms with E-state index in [-0.39, 0.29) is 0 Å². The van der Waals surface area contributed by atoms with Crippen LogP contribution in [0.3, 0.4) is 0 Å². The van der Waals surface area contributed by atoms with Crippen molar-refractivity contribution in [2.45, 2.75) is 53.4 Å². The van der Waals surface area contributed by atoms with E-state index in [1.807, 2.05) is 6.20 Å². The summed E-state index contributed by atoms with van der Waals surface area (Å²) in [4.78, 5) is 4.62. The maximum Gasteiger partial charge on any atom is 0.0435 e. The van der Waals surface area contributed by atoms with Gasteiger partial charge in [-0.2, -0.15) is 0 Å². The van der Waals surface area contributed by atoms with Crippen molar-refractivity contribution in [1.29, 1.82) is 0 Å². The molecule has 1 heterocycles. The van der Waals surface area contributed by atoms with E-state index < -0.39 is 0 Å². The van der Waals surface area contributed by atoms with E-state index in [1.54, 1.807) is 0 Å². The second kappa shape index (κ2) is 8.31. The highest BCUT2D eigenvalue weighted by Gasteiger charge is 2.18. The largest absolute Gasteiger partial charge is 0.319 e. The third kappa shape index (κ3) is 5.32. The molecule has 108 valence electrons. The lowest BCUT2D eigenvalue weighted by Gasteiger charge is -2.24. The van der Waals surface area contributed by atoms with E-state index in [1.165, 1.54) is 36.1 Å². The Morgan fingerprint density at radius 1 is 1.32 bits per heavy atom. The van der Waals surface area contributed by atoms with Gasteiger partial charge in [-0.15, -0.1) is 0 Å². The van der Waals surface area contributed by atoms with E-state index in [0.717, 1.165) is 18.9 Å². The Morgan fingerprint density at radius 3 is 2.63 bits per heavy atom. The first-order valence-electron chi connectivity index (χ1n) is 7.65. The minimum absolute atomic E-state index is 0.688. The zero-order valence-corrected chi connectivity index (χ0v) is 13.3. The number of pyridine rings is 1. The molecular weight excluding hydrogens is 232 g/mol.